The van der Waals surface area contributed by atoms with E-state index < -0.39 is 12.0 Å². The van der Waals surface area contributed by atoms with Crippen LogP contribution in [0.1, 0.15) is 13.8 Å². The first-order chi connectivity index (χ1) is 4.59. The molecule has 0 aliphatic carbocycles. The van der Waals surface area contributed by atoms with Crippen LogP contribution in [0.4, 0.5) is 0 Å². The molecule has 0 aromatic carbocycles. The van der Waals surface area contributed by atoms with Crippen molar-refractivity contribution < 1.29 is 14.7 Å². The second kappa shape index (κ2) is 3.80. The minimum Gasteiger partial charge on any atom is -0.548 e. The Balaban J connectivity index is 4.26. The van der Waals surface area contributed by atoms with Gasteiger partial charge in [-0.15, -0.1) is 0 Å². The van der Waals surface area contributed by atoms with Gasteiger partial charge < -0.3 is 9.90 Å². The van der Waals surface area contributed by atoms with Gasteiger partial charge in [-0.25, -0.2) is 4.79 Å². The number of hydrogen-bond acceptors (Lipinski definition) is 4. The quantitative estimate of drug-likeness (QED) is 0.378. The number of isocyanates is 1. The summed E-state index contributed by atoms with van der Waals surface area (Å²) in [5.41, 5.74) is 0. The topological polar surface area (TPSA) is 69.6 Å². The number of carboxylic acid groups (broad SMARTS) is 1. The number of carboxylic acids is 1. The van der Waals surface area contributed by atoms with Crippen LogP contribution in [-0.4, -0.2) is 18.1 Å². The van der Waals surface area contributed by atoms with Crippen LogP contribution in [0, 0.1) is 5.92 Å². The predicted octanol–water partition coefficient (Wildman–Crippen LogP) is -0.903. The minimum atomic E-state index is -1.33. The molecule has 0 amide bonds. The number of carbonyl (C=O) groups is 1. The Morgan fingerprint density at radius 1 is 1.60 bits per heavy atom. The molecular formula is C6H8NO3-. The minimum absolute atomic E-state index is 0.230. The third-order valence-electron chi connectivity index (χ3n) is 1.06. The van der Waals surface area contributed by atoms with Crippen molar-refractivity contribution in [1.29, 1.82) is 0 Å². The smallest absolute Gasteiger partial charge is 0.235 e. The number of aliphatic carboxylic acids is 1. The van der Waals surface area contributed by atoms with Crippen LogP contribution in [0.2, 0.25) is 0 Å². The summed E-state index contributed by atoms with van der Waals surface area (Å²) in [6, 6.07) is -1.06. The Bertz CT molecular complexity index is 168. The first kappa shape index (κ1) is 8.85. The maximum absolute atomic E-state index is 10.1. The Morgan fingerprint density at radius 3 is 2.20 bits per heavy atom. The summed E-state index contributed by atoms with van der Waals surface area (Å²) in [6.07, 6.45) is 1.18. The van der Waals surface area contributed by atoms with Crippen molar-refractivity contribution >= 4 is 12.0 Å². The van der Waals surface area contributed by atoms with Gasteiger partial charge in [-0.2, -0.15) is 4.99 Å². The lowest BCUT2D eigenvalue weighted by Crippen LogP contribution is -2.37. The summed E-state index contributed by atoms with van der Waals surface area (Å²) >= 11 is 0. The van der Waals surface area contributed by atoms with E-state index in [-0.39, 0.29) is 5.92 Å². The molecule has 0 unspecified atom stereocenters. The van der Waals surface area contributed by atoms with Crippen molar-refractivity contribution in [2.75, 3.05) is 0 Å². The molecule has 0 fully saturated rings. The van der Waals surface area contributed by atoms with Gasteiger partial charge in [0.25, 0.3) is 0 Å². The van der Waals surface area contributed by atoms with E-state index in [1.54, 1.807) is 13.8 Å². The molecule has 0 bridgehead atoms. The Morgan fingerprint density at radius 2 is 2.10 bits per heavy atom. The van der Waals surface area contributed by atoms with Gasteiger partial charge in [-0.3, -0.25) is 0 Å². The molecule has 0 aromatic rings. The fourth-order valence-corrected chi connectivity index (χ4v) is 0.531. The molecular weight excluding hydrogens is 134 g/mol. The predicted molar refractivity (Wildman–Crippen MR) is 31.8 cm³/mol. The number of rotatable bonds is 3. The summed E-state index contributed by atoms with van der Waals surface area (Å²) in [6.45, 7) is 3.28. The van der Waals surface area contributed by atoms with Crippen molar-refractivity contribution in [2.45, 2.75) is 19.9 Å². The highest BCUT2D eigenvalue weighted by atomic mass is 16.4. The lowest BCUT2D eigenvalue weighted by molar-refractivity contribution is -0.308. The van der Waals surface area contributed by atoms with E-state index in [2.05, 4.69) is 4.99 Å². The average molecular weight is 142 g/mol. The van der Waals surface area contributed by atoms with E-state index >= 15 is 0 Å². The van der Waals surface area contributed by atoms with Crippen LogP contribution < -0.4 is 5.11 Å². The maximum atomic E-state index is 10.1. The first-order valence-corrected chi connectivity index (χ1v) is 2.87. The van der Waals surface area contributed by atoms with Crippen molar-refractivity contribution in [1.82, 2.24) is 0 Å². The average Bonchev–Trinajstić information content (AvgIpc) is 1.81. The lowest BCUT2D eigenvalue weighted by Gasteiger charge is -2.14. The van der Waals surface area contributed by atoms with E-state index in [1.165, 1.54) is 6.08 Å². The number of nitrogens with zero attached hydrogens (tertiary/aromatic N) is 1. The molecule has 0 aliphatic heterocycles. The van der Waals surface area contributed by atoms with Gasteiger partial charge >= 0.3 is 0 Å². The van der Waals surface area contributed by atoms with Crippen molar-refractivity contribution in [3.05, 3.63) is 0 Å². The van der Waals surface area contributed by atoms with Gasteiger partial charge in [-0.1, -0.05) is 13.8 Å². The Hall–Kier alpha value is -1.15. The molecule has 0 heterocycles. The standard InChI is InChI=1S/C6H9NO3/c1-4(2)5(6(9)10)7-3-8/h4-5H,1-2H3,(H,9,10)/p-1/t5-/m0/s1. The number of aliphatic imine (C=N–C) groups is 1. The van der Waals surface area contributed by atoms with Crippen LogP contribution in [-0.2, 0) is 9.59 Å². The molecule has 56 valence electrons. The summed E-state index contributed by atoms with van der Waals surface area (Å²) < 4.78 is 0. The van der Waals surface area contributed by atoms with E-state index in [1.807, 2.05) is 0 Å². The second-order valence-electron chi connectivity index (χ2n) is 2.23. The zero-order chi connectivity index (χ0) is 8.15. The van der Waals surface area contributed by atoms with Crippen molar-refractivity contribution in [2.24, 2.45) is 10.9 Å². The van der Waals surface area contributed by atoms with Gasteiger partial charge in [0.2, 0.25) is 6.08 Å². The van der Waals surface area contributed by atoms with Crippen molar-refractivity contribution in [3.8, 4) is 0 Å². The third kappa shape index (κ3) is 2.42. The van der Waals surface area contributed by atoms with Crippen LogP contribution in [0.5, 0.6) is 0 Å². The van der Waals surface area contributed by atoms with Crippen LogP contribution >= 0.6 is 0 Å². The number of carbonyl (C=O) groups excluding carboxylic acids is 2. The fourth-order valence-electron chi connectivity index (χ4n) is 0.531. The van der Waals surface area contributed by atoms with Gasteiger partial charge in [0.05, 0.1) is 5.97 Å². The molecule has 4 heteroatoms. The summed E-state index contributed by atoms with van der Waals surface area (Å²) in [5.74, 6) is -1.56. The molecule has 0 aliphatic rings. The number of hydrogen-bond donors (Lipinski definition) is 0. The summed E-state index contributed by atoms with van der Waals surface area (Å²) in [5, 5.41) is 10.1. The molecule has 10 heavy (non-hydrogen) atoms. The lowest BCUT2D eigenvalue weighted by atomic mass is 10.1. The first-order valence-electron chi connectivity index (χ1n) is 2.87. The maximum Gasteiger partial charge on any atom is 0.235 e. The summed E-state index contributed by atoms with van der Waals surface area (Å²) in [7, 11) is 0. The molecule has 0 N–H and O–H groups in total. The second-order valence-corrected chi connectivity index (χ2v) is 2.23. The Kier molecular flexibility index (Phi) is 3.36. The van der Waals surface area contributed by atoms with E-state index in [4.69, 9.17) is 0 Å². The molecule has 4 nitrogen and oxygen atoms in total. The van der Waals surface area contributed by atoms with Crippen LogP contribution in [0.25, 0.3) is 0 Å². The highest BCUT2D eigenvalue weighted by molar-refractivity contribution is 5.72. The SMILES string of the molecule is CC(C)[C@H](N=C=O)C(=O)[O-]. The van der Waals surface area contributed by atoms with Gasteiger partial charge in [0.15, 0.2) is 0 Å². The molecule has 0 saturated carbocycles. The summed E-state index contributed by atoms with van der Waals surface area (Å²) in [4.78, 5) is 22.8. The van der Waals surface area contributed by atoms with Gasteiger partial charge in [-0.05, 0) is 5.92 Å². The van der Waals surface area contributed by atoms with Crippen LogP contribution in [0.3, 0.4) is 0 Å². The monoisotopic (exact) mass is 142 g/mol. The highest BCUT2D eigenvalue weighted by Gasteiger charge is 2.11. The molecule has 1 atom stereocenters. The Labute approximate surface area is 58.6 Å². The van der Waals surface area contributed by atoms with Gasteiger partial charge in [0.1, 0.15) is 6.04 Å². The highest BCUT2D eigenvalue weighted by Crippen LogP contribution is 2.03. The fraction of sp³-hybridized carbons (Fsp3) is 0.667. The van der Waals surface area contributed by atoms with E-state index in [9.17, 15) is 14.7 Å². The third-order valence-corrected chi connectivity index (χ3v) is 1.06. The molecule has 0 aromatic heterocycles. The zero-order valence-electron chi connectivity index (χ0n) is 5.83. The van der Waals surface area contributed by atoms with Crippen LogP contribution in [0.15, 0.2) is 4.99 Å². The molecule has 0 saturated heterocycles. The normalized spacial score (nSPS) is 12.3. The molecule has 0 spiro atoms. The largest absolute Gasteiger partial charge is 0.548 e. The molecule has 0 rings (SSSR count). The van der Waals surface area contributed by atoms with E-state index in [0.29, 0.717) is 0 Å². The van der Waals surface area contributed by atoms with Crippen molar-refractivity contribution in [3.63, 3.8) is 0 Å². The van der Waals surface area contributed by atoms with E-state index in [0.717, 1.165) is 0 Å². The van der Waals surface area contributed by atoms with Gasteiger partial charge in [0, 0.05) is 0 Å². The molecule has 0 radical (unpaired) electrons. The zero-order valence-corrected chi connectivity index (χ0v) is 5.83.